The van der Waals surface area contributed by atoms with E-state index in [1.54, 1.807) is 30.3 Å². The van der Waals surface area contributed by atoms with Gasteiger partial charge in [-0.3, -0.25) is 9.59 Å². The van der Waals surface area contributed by atoms with Crippen molar-refractivity contribution >= 4 is 17.3 Å². The predicted molar refractivity (Wildman–Crippen MR) is 64.8 cm³/mol. The van der Waals surface area contributed by atoms with E-state index in [9.17, 15) is 14.7 Å². The smallest absolute Gasteiger partial charge is 0.237 e. The van der Waals surface area contributed by atoms with Crippen LogP contribution < -0.4 is 0 Å². The van der Waals surface area contributed by atoms with E-state index in [1.165, 1.54) is 6.08 Å². The van der Waals surface area contributed by atoms with Gasteiger partial charge in [-0.1, -0.05) is 43.3 Å². The first-order chi connectivity index (χ1) is 8.16. The second kappa shape index (κ2) is 4.37. The lowest BCUT2D eigenvalue weighted by atomic mass is 9.88. The minimum Gasteiger partial charge on any atom is -0.507 e. The van der Waals surface area contributed by atoms with Crippen LogP contribution in [0.15, 0.2) is 42.0 Å². The van der Waals surface area contributed by atoms with E-state index >= 15 is 0 Å². The van der Waals surface area contributed by atoms with Crippen molar-refractivity contribution in [2.45, 2.75) is 13.3 Å². The van der Waals surface area contributed by atoms with E-state index in [-0.39, 0.29) is 16.9 Å². The molecule has 1 aromatic carbocycles. The number of fused-ring (bicyclic) bond motifs is 1. The van der Waals surface area contributed by atoms with Gasteiger partial charge in [0.25, 0.3) is 0 Å². The third-order valence-corrected chi connectivity index (χ3v) is 2.65. The SMILES string of the molecule is CCC=CC1=C(O)c2ccccc2C(=O)C1=O. The Labute approximate surface area is 99.1 Å². The minimum atomic E-state index is -0.647. The third-order valence-electron chi connectivity index (χ3n) is 2.65. The molecule has 3 nitrogen and oxygen atoms in total. The van der Waals surface area contributed by atoms with Gasteiger partial charge in [-0.2, -0.15) is 0 Å². The molecule has 0 saturated heterocycles. The molecule has 0 bridgehead atoms. The number of allylic oxidation sites excluding steroid dienone is 3. The molecule has 86 valence electrons. The summed E-state index contributed by atoms with van der Waals surface area (Å²) in [5.74, 6) is -1.32. The van der Waals surface area contributed by atoms with Crippen molar-refractivity contribution in [1.29, 1.82) is 0 Å². The zero-order chi connectivity index (χ0) is 12.4. The van der Waals surface area contributed by atoms with Gasteiger partial charge in [0.1, 0.15) is 5.76 Å². The van der Waals surface area contributed by atoms with Crippen molar-refractivity contribution in [2.24, 2.45) is 0 Å². The Morgan fingerprint density at radius 3 is 2.41 bits per heavy atom. The van der Waals surface area contributed by atoms with Gasteiger partial charge in [0.05, 0.1) is 5.57 Å². The number of Topliss-reactive ketones (excluding diaryl/α,β-unsaturated/α-hetero) is 2. The minimum absolute atomic E-state index is 0.0792. The summed E-state index contributed by atoms with van der Waals surface area (Å²) in [4.78, 5) is 23.6. The number of ketones is 2. The number of hydrogen-bond acceptors (Lipinski definition) is 3. The van der Waals surface area contributed by atoms with E-state index in [4.69, 9.17) is 0 Å². The van der Waals surface area contributed by atoms with Gasteiger partial charge in [-0.15, -0.1) is 0 Å². The van der Waals surface area contributed by atoms with Gasteiger partial charge in [0, 0.05) is 11.1 Å². The quantitative estimate of drug-likeness (QED) is 0.792. The highest BCUT2D eigenvalue weighted by Gasteiger charge is 2.30. The molecule has 1 aliphatic carbocycles. The monoisotopic (exact) mass is 228 g/mol. The van der Waals surface area contributed by atoms with E-state index in [0.29, 0.717) is 5.56 Å². The highest BCUT2D eigenvalue weighted by atomic mass is 16.3. The average Bonchev–Trinajstić information content (AvgIpc) is 2.36. The lowest BCUT2D eigenvalue weighted by molar-refractivity contribution is -0.111. The summed E-state index contributed by atoms with van der Waals surface area (Å²) in [5, 5.41) is 9.99. The van der Waals surface area contributed by atoms with Crippen LogP contribution in [-0.4, -0.2) is 16.7 Å². The Kier molecular flexibility index (Phi) is 2.91. The van der Waals surface area contributed by atoms with Crippen LogP contribution in [0.2, 0.25) is 0 Å². The largest absolute Gasteiger partial charge is 0.507 e. The number of benzene rings is 1. The summed E-state index contributed by atoms with van der Waals surface area (Å²) in [5.41, 5.74) is 0.770. The van der Waals surface area contributed by atoms with Gasteiger partial charge in [-0.05, 0) is 6.42 Å². The van der Waals surface area contributed by atoms with Crippen LogP contribution in [0.1, 0.15) is 29.3 Å². The average molecular weight is 228 g/mol. The number of rotatable bonds is 2. The molecule has 0 amide bonds. The van der Waals surface area contributed by atoms with Gasteiger partial charge >= 0.3 is 0 Å². The molecule has 0 unspecified atom stereocenters. The highest BCUT2D eigenvalue weighted by molar-refractivity contribution is 6.52. The van der Waals surface area contributed by atoms with Crippen LogP contribution in [0.5, 0.6) is 0 Å². The molecule has 1 aromatic rings. The predicted octanol–water partition coefficient (Wildman–Crippen LogP) is 2.69. The molecule has 0 atom stereocenters. The Bertz CT molecular complexity index is 550. The number of hydrogen-bond donors (Lipinski definition) is 1. The molecule has 0 aromatic heterocycles. The van der Waals surface area contributed by atoms with Crippen molar-refractivity contribution in [1.82, 2.24) is 0 Å². The number of aliphatic hydroxyl groups excluding tert-OH is 1. The molecule has 0 aliphatic heterocycles. The molecular weight excluding hydrogens is 216 g/mol. The Balaban J connectivity index is 2.64. The van der Waals surface area contributed by atoms with Crippen LogP contribution in [-0.2, 0) is 4.79 Å². The summed E-state index contributed by atoms with van der Waals surface area (Å²) in [6.45, 7) is 1.91. The van der Waals surface area contributed by atoms with Crippen molar-refractivity contribution in [3.8, 4) is 0 Å². The fraction of sp³-hybridized carbons (Fsp3) is 0.143. The van der Waals surface area contributed by atoms with Gasteiger partial charge in [0.15, 0.2) is 0 Å². The van der Waals surface area contributed by atoms with Crippen LogP contribution in [0, 0.1) is 0 Å². The maximum atomic E-state index is 11.8. The van der Waals surface area contributed by atoms with Gasteiger partial charge in [-0.25, -0.2) is 0 Å². The number of carbonyl (C=O) groups excluding carboxylic acids is 2. The second-order valence-electron chi connectivity index (χ2n) is 3.78. The van der Waals surface area contributed by atoms with E-state index < -0.39 is 11.6 Å². The molecule has 0 radical (unpaired) electrons. The Morgan fingerprint density at radius 1 is 1.12 bits per heavy atom. The van der Waals surface area contributed by atoms with Crippen LogP contribution in [0.3, 0.4) is 0 Å². The first-order valence-electron chi connectivity index (χ1n) is 5.45. The molecule has 3 heteroatoms. The molecule has 0 heterocycles. The fourth-order valence-electron chi connectivity index (χ4n) is 1.78. The van der Waals surface area contributed by atoms with E-state index in [1.807, 2.05) is 6.92 Å². The highest BCUT2D eigenvalue weighted by Crippen LogP contribution is 2.28. The van der Waals surface area contributed by atoms with E-state index in [0.717, 1.165) is 6.42 Å². The van der Waals surface area contributed by atoms with Crippen molar-refractivity contribution in [2.75, 3.05) is 0 Å². The molecule has 1 N–H and O–H groups in total. The number of carbonyl (C=O) groups is 2. The summed E-state index contributed by atoms with van der Waals surface area (Å²) in [6.07, 6.45) is 3.98. The van der Waals surface area contributed by atoms with Crippen LogP contribution >= 0.6 is 0 Å². The summed E-state index contributed by atoms with van der Waals surface area (Å²) in [6, 6.07) is 6.57. The molecule has 17 heavy (non-hydrogen) atoms. The lowest BCUT2D eigenvalue weighted by Crippen LogP contribution is -2.23. The van der Waals surface area contributed by atoms with Crippen molar-refractivity contribution in [3.63, 3.8) is 0 Å². The molecular formula is C14H12O3. The Hall–Kier alpha value is -2.16. The van der Waals surface area contributed by atoms with Gasteiger partial charge in [0.2, 0.25) is 11.6 Å². The van der Waals surface area contributed by atoms with Crippen molar-refractivity contribution in [3.05, 3.63) is 53.1 Å². The maximum absolute atomic E-state index is 11.8. The zero-order valence-electron chi connectivity index (χ0n) is 9.43. The molecule has 0 fully saturated rings. The fourth-order valence-corrected chi connectivity index (χ4v) is 1.78. The second-order valence-corrected chi connectivity index (χ2v) is 3.78. The molecule has 0 saturated carbocycles. The maximum Gasteiger partial charge on any atom is 0.237 e. The summed E-state index contributed by atoms with van der Waals surface area (Å²) in [7, 11) is 0. The Morgan fingerprint density at radius 2 is 1.76 bits per heavy atom. The summed E-state index contributed by atoms with van der Waals surface area (Å²) >= 11 is 0. The summed E-state index contributed by atoms with van der Waals surface area (Å²) < 4.78 is 0. The van der Waals surface area contributed by atoms with E-state index in [2.05, 4.69) is 0 Å². The molecule has 1 aliphatic rings. The normalized spacial score (nSPS) is 15.6. The molecule has 2 rings (SSSR count). The molecule has 0 spiro atoms. The topological polar surface area (TPSA) is 54.4 Å². The first kappa shape index (κ1) is 11.3. The van der Waals surface area contributed by atoms with Crippen molar-refractivity contribution < 1.29 is 14.7 Å². The first-order valence-corrected chi connectivity index (χ1v) is 5.45. The zero-order valence-corrected chi connectivity index (χ0v) is 9.43. The third kappa shape index (κ3) is 1.80. The standard InChI is InChI=1S/C14H12O3/c1-2-3-6-11-12(15)9-7-4-5-8-10(9)13(16)14(11)17/h3-8,15H,2H2,1H3. The van der Waals surface area contributed by atoms with Crippen LogP contribution in [0.4, 0.5) is 0 Å². The van der Waals surface area contributed by atoms with Gasteiger partial charge < -0.3 is 5.11 Å². The lowest BCUT2D eigenvalue weighted by Gasteiger charge is -2.15. The van der Waals surface area contributed by atoms with Crippen LogP contribution in [0.25, 0.3) is 5.76 Å². The number of aliphatic hydroxyl groups is 1.